The molecule has 0 saturated carbocycles. The van der Waals surface area contributed by atoms with Crippen LogP contribution in [-0.4, -0.2) is 30.4 Å². The van der Waals surface area contributed by atoms with Gasteiger partial charge < -0.3 is 14.2 Å². The van der Waals surface area contributed by atoms with Crippen LogP contribution in [-0.2, 0) is 26.0 Å². The molecule has 0 amide bonds. The highest BCUT2D eigenvalue weighted by atomic mass is 32.2. The third kappa shape index (κ3) is 7.06. The van der Waals surface area contributed by atoms with Crippen LogP contribution in [0.1, 0.15) is 49.8 Å². The van der Waals surface area contributed by atoms with Crippen molar-refractivity contribution in [3.63, 3.8) is 0 Å². The lowest BCUT2D eigenvalue weighted by Crippen LogP contribution is -2.28. The van der Waals surface area contributed by atoms with Gasteiger partial charge >= 0.3 is 12.3 Å². The zero-order chi connectivity index (χ0) is 24.2. The molecule has 1 heterocycles. The molecule has 0 unspecified atom stereocenters. The van der Waals surface area contributed by atoms with E-state index in [4.69, 9.17) is 9.47 Å². The Kier molecular flexibility index (Phi) is 7.88. The zero-order valence-corrected chi connectivity index (χ0v) is 20.2. The monoisotopic (exact) mass is 483 g/mol. The average molecular weight is 484 g/mol. The molecule has 0 N–H and O–H groups in total. The van der Waals surface area contributed by atoms with Crippen LogP contribution in [0.5, 0.6) is 11.5 Å². The van der Waals surface area contributed by atoms with E-state index in [9.17, 15) is 18.0 Å². The minimum absolute atomic E-state index is 0.258. The van der Waals surface area contributed by atoms with Crippen LogP contribution in [0, 0.1) is 13.8 Å². The maximum absolute atomic E-state index is 12.5. The van der Waals surface area contributed by atoms with E-state index < -0.39 is 17.9 Å². The molecule has 0 spiro atoms. The summed E-state index contributed by atoms with van der Waals surface area (Å²) in [5.41, 5.74) is 1.48. The Hall–Kier alpha value is -2.35. The molecular weight excluding hydrogens is 453 g/mol. The summed E-state index contributed by atoms with van der Waals surface area (Å²) < 4.78 is 52.3. The molecule has 2 aromatic rings. The van der Waals surface area contributed by atoms with Crippen LogP contribution in [0.15, 0.2) is 41.3 Å². The molecule has 8 heteroatoms. The Labute approximate surface area is 195 Å². The Morgan fingerprint density at radius 3 is 2.09 bits per heavy atom. The normalized spacial score (nSPS) is 15.2. The molecule has 0 aliphatic carbocycles. The number of carbonyl (C=O) groups excluding carboxylic acids is 1. The number of esters is 1. The number of benzene rings is 2. The molecule has 2 aromatic carbocycles. The Bertz CT molecular complexity index is 942. The molecule has 1 saturated heterocycles. The van der Waals surface area contributed by atoms with Gasteiger partial charge in [0.15, 0.2) is 11.5 Å². The van der Waals surface area contributed by atoms with Crippen molar-refractivity contribution in [2.24, 2.45) is 0 Å². The minimum Gasteiger partial charge on any atom is -0.481 e. The van der Waals surface area contributed by atoms with Gasteiger partial charge in [-0.3, -0.25) is 0 Å². The van der Waals surface area contributed by atoms with Gasteiger partial charge in [0.1, 0.15) is 28.6 Å². The second kappa shape index (κ2) is 10.3. The lowest BCUT2D eigenvalue weighted by atomic mass is 9.98. The first-order valence-electron chi connectivity index (χ1n) is 10.9. The summed E-state index contributed by atoms with van der Waals surface area (Å²) in [5.74, 6) is 2.27. The first kappa shape index (κ1) is 25.3. The SMILES string of the molecule is Cc1cc([S+]2CCCCC2)cc(C)c1OCC(=O)OC(C)(C)c1ccc(OC(F)(F)F)cc1. The molecule has 1 aliphatic heterocycles. The molecule has 180 valence electrons. The van der Waals surface area contributed by atoms with Crippen molar-refractivity contribution in [1.82, 2.24) is 0 Å². The van der Waals surface area contributed by atoms with Crippen molar-refractivity contribution in [1.29, 1.82) is 0 Å². The number of ether oxygens (including phenoxy) is 3. The van der Waals surface area contributed by atoms with Crippen LogP contribution < -0.4 is 9.47 Å². The predicted molar refractivity (Wildman–Crippen MR) is 123 cm³/mol. The molecule has 0 atom stereocenters. The number of halogens is 3. The summed E-state index contributed by atoms with van der Waals surface area (Å²) in [6, 6.07) is 9.59. The van der Waals surface area contributed by atoms with Crippen molar-refractivity contribution in [3.05, 3.63) is 53.1 Å². The number of rotatable bonds is 7. The Morgan fingerprint density at radius 2 is 1.55 bits per heavy atom. The summed E-state index contributed by atoms with van der Waals surface area (Å²) in [7, 11) is 0.290. The van der Waals surface area contributed by atoms with Gasteiger partial charge in [-0.05, 0) is 87.9 Å². The lowest BCUT2D eigenvalue weighted by molar-refractivity contribution is -0.274. The van der Waals surface area contributed by atoms with Gasteiger partial charge in [0.2, 0.25) is 0 Å². The molecule has 0 aromatic heterocycles. The quantitative estimate of drug-likeness (QED) is 0.346. The van der Waals surface area contributed by atoms with Gasteiger partial charge in [-0.25, -0.2) is 4.79 Å². The minimum atomic E-state index is -4.76. The summed E-state index contributed by atoms with van der Waals surface area (Å²) in [4.78, 5) is 13.8. The van der Waals surface area contributed by atoms with E-state index in [0.29, 0.717) is 11.3 Å². The first-order valence-corrected chi connectivity index (χ1v) is 12.5. The highest BCUT2D eigenvalue weighted by Crippen LogP contribution is 2.32. The van der Waals surface area contributed by atoms with Crippen LogP contribution in [0.25, 0.3) is 0 Å². The van der Waals surface area contributed by atoms with Gasteiger partial charge in [0.25, 0.3) is 0 Å². The molecule has 3 rings (SSSR count). The van der Waals surface area contributed by atoms with Crippen LogP contribution >= 0.6 is 0 Å². The van der Waals surface area contributed by atoms with Gasteiger partial charge in [-0.1, -0.05) is 12.1 Å². The van der Waals surface area contributed by atoms with Crippen molar-refractivity contribution < 1.29 is 32.2 Å². The number of carbonyl (C=O) groups is 1. The van der Waals surface area contributed by atoms with Crippen LogP contribution in [0.3, 0.4) is 0 Å². The standard InChI is InChI=1S/C25H30F3O4S/c1-17-14-21(33-12-6-5-7-13-33)15-18(2)23(17)30-16-22(29)32-24(3,4)19-8-10-20(11-9-19)31-25(26,27)28/h8-11,14-15H,5-7,12-13,16H2,1-4H3/q+1. The summed E-state index contributed by atoms with van der Waals surface area (Å²) >= 11 is 0. The van der Waals surface area contributed by atoms with E-state index in [-0.39, 0.29) is 23.3 Å². The Morgan fingerprint density at radius 1 is 0.970 bits per heavy atom. The van der Waals surface area contributed by atoms with Gasteiger partial charge in [0.05, 0.1) is 0 Å². The topological polar surface area (TPSA) is 44.8 Å². The third-order valence-corrected chi connectivity index (χ3v) is 8.00. The van der Waals surface area contributed by atoms with E-state index >= 15 is 0 Å². The van der Waals surface area contributed by atoms with Crippen molar-refractivity contribution in [2.75, 3.05) is 18.1 Å². The van der Waals surface area contributed by atoms with E-state index in [1.807, 2.05) is 13.8 Å². The van der Waals surface area contributed by atoms with Crippen LogP contribution in [0.4, 0.5) is 13.2 Å². The van der Waals surface area contributed by atoms with E-state index in [1.165, 1.54) is 59.9 Å². The summed E-state index contributed by atoms with van der Waals surface area (Å²) in [6.45, 7) is 7.05. The van der Waals surface area contributed by atoms with E-state index in [1.54, 1.807) is 13.8 Å². The lowest BCUT2D eigenvalue weighted by Gasteiger charge is -2.26. The largest absolute Gasteiger partial charge is 0.573 e. The van der Waals surface area contributed by atoms with Gasteiger partial charge in [-0.15, -0.1) is 13.2 Å². The Balaban J connectivity index is 1.60. The molecule has 1 aliphatic rings. The molecule has 4 nitrogen and oxygen atoms in total. The van der Waals surface area contributed by atoms with Gasteiger partial charge in [-0.2, -0.15) is 0 Å². The second-order valence-electron chi connectivity index (χ2n) is 8.69. The van der Waals surface area contributed by atoms with Crippen molar-refractivity contribution in [3.8, 4) is 11.5 Å². The number of aryl methyl sites for hydroxylation is 2. The molecule has 1 fully saturated rings. The smallest absolute Gasteiger partial charge is 0.481 e. The maximum atomic E-state index is 12.5. The molecule has 0 bridgehead atoms. The number of alkyl halides is 3. The van der Waals surface area contributed by atoms with E-state index in [0.717, 1.165) is 11.1 Å². The number of hydrogen-bond donors (Lipinski definition) is 0. The molecule has 0 radical (unpaired) electrons. The van der Waals surface area contributed by atoms with Crippen molar-refractivity contribution >= 4 is 16.9 Å². The highest BCUT2D eigenvalue weighted by molar-refractivity contribution is 7.96. The zero-order valence-electron chi connectivity index (χ0n) is 19.4. The van der Waals surface area contributed by atoms with E-state index in [2.05, 4.69) is 16.9 Å². The fourth-order valence-electron chi connectivity index (χ4n) is 3.93. The van der Waals surface area contributed by atoms with Crippen LogP contribution in [0.2, 0.25) is 0 Å². The number of hydrogen-bond acceptors (Lipinski definition) is 4. The maximum Gasteiger partial charge on any atom is 0.573 e. The first-order chi connectivity index (χ1) is 15.4. The predicted octanol–water partition coefficient (Wildman–Crippen LogP) is 6.22. The van der Waals surface area contributed by atoms with Crippen molar-refractivity contribution in [2.45, 2.75) is 63.8 Å². The average Bonchev–Trinajstić information content (AvgIpc) is 2.72. The summed E-state index contributed by atoms with van der Waals surface area (Å²) in [5, 5.41) is 0. The highest BCUT2D eigenvalue weighted by Gasteiger charge is 2.32. The molecular formula is C25H30F3O4S+. The molecule has 33 heavy (non-hydrogen) atoms. The summed E-state index contributed by atoms with van der Waals surface area (Å²) in [6.07, 6.45) is -0.892. The van der Waals surface area contributed by atoms with Gasteiger partial charge in [0, 0.05) is 10.9 Å². The third-order valence-electron chi connectivity index (χ3n) is 5.54. The second-order valence-corrected chi connectivity index (χ2v) is 11.0. The fraction of sp³-hybridized carbons (Fsp3) is 0.480. The fourth-order valence-corrected chi connectivity index (χ4v) is 6.40.